The Balaban J connectivity index is 1.81. The Kier molecular flexibility index (Phi) is 6.82. The number of pyridine rings is 1. The van der Waals surface area contributed by atoms with Gasteiger partial charge in [0.15, 0.2) is 6.61 Å². The van der Waals surface area contributed by atoms with Crippen LogP contribution in [0.4, 0.5) is 0 Å². The normalized spacial score (nSPS) is 10.2. The van der Waals surface area contributed by atoms with Gasteiger partial charge in [0.1, 0.15) is 5.75 Å². The van der Waals surface area contributed by atoms with E-state index in [1.165, 1.54) is 0 Å². The minimum Gasteiger partial charge on any atom is -0.484 e. The lowest BCUT2D eigenvalue weighted by atomic mass is 10.1. The highest BCUT2D eigenvalue weighted by Crippen LogP contribution is 2.16. The fourth-order valence-corrected chi connectivity index (χ4v) is 2.61. The zero-order valence-electron chi connectivity index (χ0n) is 14.5. The molecule has 0 aliphatic rings. The lowest BCUT2D eigenvalue weighted by Gasteiger charge is -2.10. The van der Waals surface area contributed by atoms with Crippen LogP contribution in [0.2, 0.25) is 0 Å². The standard InChI is InChI=1S/C18H21N3O3S/c1-4-25-17-10-14(7-8-19-17)18(23)21-20-16(22)11-24-15-6-5-12(2)13(3)9-15/h5-10H,4,11H2,1-3H3,(H,20,22)(H,21,23). The van der Waals surface area contributed by atoms with E-state index in [-0.39, 0.29) is 6.61 Å². The highest BCUT2D eigenvalue weighted by atomic mass is 32.2. The van der Waals surface area contributed by atoms with E-state index in [9.17, 15) is 9.59 Å². The third kappa shape index (κ3) is 5.79. The van der Waals surface area contributed by atoms with Crippen LogP contribution in [0.5, 0.6) is 5.75 Å². The van der Waals surface area contributed by atoms with Gasteiger partial charge in [0.05, 0.1) is 5.03 Å². The average Bonchev–Trinajstić information content (AvgIpc) is 2.61. The van der Waals surface area contributed by atoms with Gasteiger partial charge in [-0.1, -0.05) is 13.0 Å². The lowest BCUT2D eigenvalue weighted by Crippen LogP contribution is -2.43. The second kappa shape index (κ2) is 9.08. The summed E-state index contributed by atoms with van der Waals surface area (Å²) < 4.78 is 5.42. The smallest absolute Gasteiger partial charge is 0.276 e. The number of amides is 2. The number of thioether (sulfide) groups is 1. The van der Waals surface area contributed by atoms with E-state index in [0.717, 1.165) is 21.9 Å². The number of aryl methyl sites for hydroxylation is 2. The van der Waals surface area contributed by atoms with E-state index < -0.39 is 11.8 Å². The van der Waals surface area contributed by atoms with Gasteiger partial charge in [0.2, 0.25) is 0 Å². The highest BCUT2D eigenvalue weighted by molar-refractivity contribution is 7.99. The Morgan fingerprint density at radius 1 is 1.12 bits per heavy atom. The van der Waals surface area contributed by atoms with E-state index in [0.29, 0.717) is 11.3 Å². The maximum atomic E-state index is 12.1. The molecule has 6 nitrogen and oxygen atoms in total. The summed E-state index contributed by atoms with van der Waals surface area (Å²) in [5, 5.41) is 0.763. The Hall–Kier alpha value is -2.54. The molecule has 0 fully saturated rings. The third-order valence-electron chi connectivity index (χ3n) is 3.45. The summed E-state index contributed by atoms with van der Waals surface area (Å²) in [5.41, 5.74) is 7.38. The molecule has 2 aromatic rings. The first-order chi connectivity index (χ1) is 12.0. The van der Waals surface area contributed by atoms with Crippen LogP contribution in [-0.4, -0.2) is 29.2 Å². The number of aromatic nitrogens is 1. The van der Waals surface area contributed by atoms with E-state index in [1.54, 1.807) is 36.2 Å². The molecule has 2 rings (SSSR count). The number of carbonyl (C=O) groups excluding carboxylic acids is 2. The summed E-state index contributed by atoms with van der Waals surface area (Å²) in [6, 6.07) is 8.87. The first-order valence-electron chi connectivity index (χ1n) is 7.87. The molecule has 0 aliphatic carbocycles. The quantitative estimate of drug-likeness (QED) is 0.612. The van der Waals surface area contributed by atoms with Crippen molar-refractivity contribution < 1.29 is 14.3 Å². The molecule has 1 aromatic heterocycles. The minimum absolute atomic E-state index is 0.184. The summed E-state index contributed by atoms with van der Waals surface area (Å²) in [6.07, 6.45) is 1.57. The predicted molar refractivity (Wildman–Crippen MR) is 97.7 cm³/mol. The summed E-state index contributed by atoms with van der Waals surface area (Å²) >= 11 is 1.54. The molecule has 0 unspecified atom stereocenters. The third-order valence-corrected chi connectivity index (χ3v) is 4.26. The van der Waals surface area contributed by atoms with Gasteiger partial charge in [-0.15, -0.1) is 11.8 Å². The van der Waals surface area contributed by atoms with Gasteiger partial charge in [0, 0.05) is 11.8 Å². The molecular formula is C18H21N3O3S. The van der Waals surface area contributed by atoms with E-state index in [4.69, 9.17) is 4.74 Å². The second-order valence-corrected chi connectivity index (χ2v) is 6.64. The summed E-state index contributed by atoms with van der Waals surface area (Å²) in [4.78, 5) is 28.0. The molecule has 2 amide bonds. The van der Waals surface area contributed by atoms with Gasteiger partial charge >= 0.3 is 0 Å². The molecular weight excluding hydrogens is 338 g/mol. The maximum Gasteiger partial charge on any atom is 0.276 e. The first-order valence-corrected chi connectivity index (χ1v) is 8.86. The molecule has 0 saturated heterocycles. The predicted octanol–water partition coefficient (Wildman–Crippen LogP) is 2.65. The van der Waals surface area contributed by atoms with Crippen molar-refractivity contribution in [2.45, 2.75) is 25.8 Å². The van der Waals surface area contributed by atoms with Crippen LogP contribution in [0.1, 0.15) is 28.4 Å². The molecule has 0 radical (unpaired) electrons. The van der Waals surface area contributed by atoms with Crippen LogP contribution in [0, 0.1) is 13.8 Å². The fourth-order valence-electron chi connectivity index (χ4n) is 1.96. The van der Waals surface area contributed by atoms with Crippen molar-refractivity contribution in [1.29, 1.82) is 0 Å². The number of hydrogen-bond donors (Lipinski definition) is 2. The molecule has 0 bridgehead atoms. The van der Waals surface area contributed by atoms with Crippen LogP contribution in [0.3, 0.4) is 0 Å². The van der Waals surface area contributed by atoms with Crippen molar-refractivity contribution >= 4 is 23.6 Å². The SMILES string of the molecule is CCSc1cc(C(=O)NNC(=O)COc2ccc(C)c(C)c2)ccn1. The van der Waals surface area contributed by atoms with Crippen molar-refractivity contribution in [3.05, 3.63) is 53.2 Å². The van der Waals surface area contributed by atoms with Crippen molar-refractivity contribution in [3.63, 3.8) is 0 Å². The van der Waals surface area contributed by atoms with Crippen LogP contribution in [0.15, 0.2) is 41.6 Å². The molecule has 0 saturated carbocycles. The number of hydrogen-bond acceptors (Lipinski definition) is 5. The van der Waals surface area contributed by atoms with Crippen molar-refractivity contribution in [1.82, 2.24) is 15.8 Å². The molecule has 0 aliphatic heterocycles. The Labute approximate surface area is 151 Å². The molecule has 25 heavy (non-hydrogen) atoms. The van der Waals surface area contributed by atoms with Gasteiger partial charge in [-0.2, -0.15) is 0 Å². The zero-order valence-corrected chi connectivity index (χ0v) is 15.3. The minimum atomic E-state index is -0.441. The number of ether oxygens (including phenoxy) is 1. The zero-order chi connectivity index (χ0) is 18.2. The number of benzene rings is 1. The summed E-state index contributed by atoms with van der Waals surface area (Å²) in [7, 11) is 0. The van der Waals surface area contributed by atoms with Gasteiger partial charge in [0.25, 0.3) is 11.8 Å². The number of rotatable bonds is 6. The number of carbonyl (C=O) groups is 2. The van der Waals surface area contributed by atoms with Crippen molar-refractivity contribution in [2.24, 2.45) is 0 Å². The molecule has 0 atom stereocenters. The largest absolute Gasteiger partial charge is 0.484 e. The van der Waals surface area contributed by atoms with E-state index >= 15 is 0 Å². The van der Waals surface area contributed by atoms with Crippen LogP contribution >= 0.6 is 11.8 Å². The number of nitrogens with zero attached hydrogens (tertiary/aromatic N) is 1. The van der Waals surface area contributed by atoms with Crippen LogP contribution in [0.25, 0.3) is 0 Å². The Morgan fingerprint density at radius 3 is 2.64 bits per heavy atom. The van der Waals surface area contributed by atoms with Gasteiger partial charge < -0.3 is 4.74 Å². The molecule has 0 spiro atoms. The van der Waals surface area contributed by atoms with Crippen LogP contribution in [-0.2, 0) is 4.79 Å². The Bertz CT molecular complexity index is 765. The average molecular weight is 359 g/mol. The molecule has 7 heteroatoms. The molecule has 1 heterocycles. The van der Waals surface area contributed by atoms with Gasteiger partial charge in [-0.25, -0.2) is 4.98 Å². The monoisotopic (exact) mass is 359 g/mol. The lowest BCUT2D eigenvalue weighted by molar-refractivity contribution is -0.123. The fraction of sp³-hybridized carbons (Fsp3) is 0.278. The molecule has 132 valence electrons. The summed E-state index contributed by atoms with van der Waals surface area (Å²) in [6.45, 7) is 5.80. The van der Waals surface area contributed by atoms with Crippen molar-refractivity contribution in [3.8, 4) is 5.75 Å². The van der Waals surface area contributed by atoms with Gasteiger partial charge in [-0.3, -0.25) is 20.4 Å². The van der Waals surface area contributed by atoms with E-state index in [2.05, 4.69) is 15.8 Å². The topological polar surface area (TPSA) is 80.3 Å². The summed E-state index contributed by atoms with van der Waals surface area (Å²) in [5.74, 6) is 0.633. The van der Waals surface area contributed by atoms with E-state index in [1.807, 2.05) is 32.9 Å². The highest BCUT2D eigenvalue weighted by Gasteiger charge is 2.09. The molecule has 1 aromatic carbocycles. The number of hydrazine groups is 1. The number of nitrogens with one attached hydrogen (secondary N) is 2. The van der Waals surface area contributed by atoms with Crippen molar-refractivity contribution in [2.75, 3.05) is 12.4 Å². The molecule has 2 N–H and O–H groups in total. The Morgan fingerprint density at radius 2 is 1.92 bits per heavy atom. The second-order valence-electron chi connectivity index (χ2n) is 5.35. The first kappa shape index (κ1) is 18.8. The van der Waals surface area contributed by atoms with Crippen LogP contribution < -0.4 is 15.6 Å². The van der Waals surface area contributed by atoms with Gasteiger partial charge in [-0.05, 0) is 55.0 Å². The maximum absolute atomic E-state index is 12.1.